The van der Waals surface area contributed by atoms with Gasteiger partial charge in [0, 0.05) is 31.4 Å². The molecule has 17 heavy (non-hydrogen) atoms. The average Bonchev–Trinajstić information content (AvgIpc) is 2.73. The molecule has 2 N–H and O–H groups in total. The molecule has 1 aromatic carbocycles. The number of carbonyl (C=O) groups is 1. The van der Waals surface area contributed by atoms with E-state index < -0.39 is 0 Å². The standard InChI is InChI=1S/C13H19N3O/c1-10(2)15-9-11-3-5-12(6-4-11)16-8-7-14-13(16)17/h3-6,10,15H,7-9H2,1-2H3,(H,14,17). The van der Waals surface area contributed by atoms with E-state index in [1.807, 2.05) is 12.1 Å². The number of carbonyl (C=O) groups excluding carboxylic acids is 1. The van der Waals surface area contributed by atoms with Gasteiger partial charge in [-0.15, -0.1) is 0 Å². The molecule has 1 aliphatic rings. The van der Waals surface area contributed by atoms with E-state index in [0.717, 1.165) is 25.3 Å². The van der Waals surface area contributed by atoms with Crippen LogP contribution in [-0.2, 0) is 6.54 Å². The smallest absolute Gasteiger partial charge is 0.321 e. The third-order valence-corrected chi connectivity index (χ3v) is 2.82. The highest BCUT2D eigenvalue weighted by Gasteiger charge is 2.20. The monoisotopic (exact) mass is 233 g/mol. The average molecular weight is 233 g/mol. The molecule has 1 aromatic rings. The SMILES string of the molecule is CC(C)NCc1ccc(N2CCNC2=O)cc1. The molecule has 1 heterocycles. The molecule has 0 saturated carbocycles. The van der Waals surface area contributed by atoms with Gasteiger partial charge in [0.2, 0.25) is 0 Å². The number of nitrogens with one attached hydrogen (secondary N) is 2. The van der Waals surface area contributed by atoms with E-state index in [9.17, 15) is 4.79 Å². The molecule has 2 amide bonds. The largest absolute Gasteiger partial charge is 0.336 e. The van der Waals surface area contributed by atoms with Crippen molar-refractivity contribution in [3.63, 3.8) is 0 Å². The van der Waals surface area contributed by atoms with Crippen molar-refractivity contribution < 1.29 is 4.79 Å². The van der Waals surface area contributed by atoms with E-state index in [1.54, 1.807) is 4.90 Å². The zero-order chi connectivity index (χ0) is 12.3. The van der Waals surface area contributed by atoms with Crippen LogP contribution in [0.1, 0.15) is 19.4 Å². The lowest BCUT2D eigenvalue weighted by Gasteiger charge is -2.15. The fourth-order valence-electron chi connectivity index (χ4n) is 1.83. The van der Waals surface area contributed by atoms with Gasteiger partial charge < -0.3 is 10.6 Å². The maximum absolute atomic E-state index is 11.5. The summed E-state index contributed by atoms with van der Waals surface area (Å²) in [6.07, 6.45) is 0. The summed E-state index contributed by atoms with van der Waals surface area (Å²) >= 11 is 0. The van der Waals surface area contributed by atoms with Gasteiger partial charge in [0.15, 0.2) is 0 Å². The van der Waals surface area contributed by atoms with Gasteiger partial charge in [-0.1, -0.05) is 26.0 Å². The Bertz CT molecular complexity index is 386. The van der Waals surface area contributed by atoms with E-state index in [2.05, 4.69) is 36.6 Å². The van der Waals surface area contributed by atoms with Crippen LogP contribution in [0.5, 0.6) is 0 Å². The van der Waals surface area contributed by atoms with Gasteiger partial charge in [0.25, 0.3) is 0 Å². The molecule has 0 aromatic heterocycles. The quantitative estimate of drug-likeness (QED) is 0.831. The van der Waals surface area contributed by atoms with Crippen molar-refractivity contribution in [2.75, 3.05) is 18.0 Å². The summed E-state index contributed by atoms with van der Waals surface area (Å²) in [5, 5.41) is 6.16. The molecule has 4 nitrogen and oxygen atoms in total. The minimum atomic E-state index is -0.00180. The first-order chi connectivity index (χ1) is 8.16. The van der Waals surface area contributed by atoms with E-state index >= 15 is 0 Å². The van der Waals surface area contributed by atoms with Crippen molar-refractivity contribution in [2.45, 2.75) is 26.4 Å². The first-order valence-electron chi connectivity index (χ1n) is 6.04. The van der Waals surface area contributed by atoms with Crippen LogP contribution in [0.4, 0.5) is 10.5 Å². The number of urea groups is 1. The molecule has 0 aliphatic carbocycles. The molecule has 0 atom stereocenters. The molecule has 4 heteroatoms. The summed E-state index contributed by atoms with van der Waals surface area (Å²) in [5.41, 5.74) is 2.20. The second-order valence-corrected chi connectivity index (χ2v) is 4.59. The molecule has 0 radical (unpaired) electrons. The maximum atomic E-state index is 11.5. The Morgan fingerprint density at radius 3 is 2.59 bits per heavy atom. The Kier molecular flexibility index (Phi) is 3.64. The highest BCUT2D eigenvalue weighted by atomic mass is 16.2. The Hall–Kier alpha value is -1.55. The Labute approximate surface area is 102 Å². The molecule has 0 unspecified atom stereocenters. The Morgan fingerprint density at radius 2 is 2.06 bits per heavy atom. The van der Waals surface area contributed by atoms with Crippen LogP contribution in [0, 0.1) is 0 Å². The number of rotatable bonds is 4. The van der Waals surface area contributed by atoms with E-state index in [1.165, 1.54) is 5.56 Å². The molecule has 0 bridgehead atoms. The fourth-order valence-corrected chi connectivity index (χ4v) is 1.83. The van der Waals surface area contributed by atoms with E-state index in [0.29, 0.717) is 6.04 Å². The molecule has 2 rings (SSSR count). The molecule has 1 aliphatic heterocycles. The summed E-state index contributed by atoms with van der Waals surface area (Å²) < 4.78 is 0. The highest BCUT2D eigenvalue weighted by Crippen LogP contribution is 2.17. The lowest BCUT2D eigenvalue weighted by atomic mass is 10.2. The maximum Gasteiger partial charge on any atom is 0.321 e. The summed E-state index contributed by atoms with van der Waals surface area (Å²) in [6, 6.07) is 8.62. The number of nitrogens with zero attached hydrogens (tertiary/aromatic N) is 1. The molecular weight excluding hydrogens is 214 g/mol. The highest BCUT2D eigenvalue weighted by molar-refractivity contribution is 5.93. The summed E-state index contributed by atoms with van der Waals surface area (Å²) in [5.74, 6) is 0. The van der Waals surface area contributed by atoms with Crippen molar-refractivity contribution in [1.82, 2.24) is 10.6 Å². The Morgan fingerprint density at radius 1 is 1.35 bits per heavy atom. The number of amides is 2. The molecular formula is C13H19N3O. The predicted molar refractivity (Wildman–Crippen MR) is 69.2 cm³/mol. The van der Waals surface area contributed by atoms with Crippen molar-refractivity contribution in [1.29, 1.82) is 0 Å². The fraction of sp³-hybridized carbons (Fsp3) is 0.462. The van der Waals surface area contributed by atoms with Crippen molar-refractivity contribution >= 4 is 11.7 Å². The minimum absolute atomic E-state index is 0.00180. The van der Waals surface area contributed by atoms with Crippen LogP contribution in [0.2, 0.25) is 0 Å². The van der Waals surface area contributed by atoms with Crippen LogP contribution < -0.4 is 15.5 Å². The van der Waals surface area contributed by atoms with Gasteiger partial charge in [-0.2, -0.15) is 0 Å². The van der Waals surface area contributed by atoms with Crippen molar-refractivity contribution in [2.24, 2.45) is 0 Å². The van der Waals surface area contributed by atoms with Gasteiger partial charge in [0.05, 0.1) is 0 Å². The third-order valence-electron chi connectivity index (χ3n) is 2.82. The molecule has 1 fully saturated rings. The van der Waals surface area contributed by atoms with Gasteiger partial charge in [-0.25, -0.2) is 4.79 Å². The summed E-state index contributed by atoms with van der Waals surface area (Å²) in [4.78, 5) is 13.2. The number of anilines is 1. The van der Waals surface area contributed by atoms with Gasteiger partial charge in [0.1, 0.15) is 0 Å². The van der Waals surface area contributed by atoms with Gasteiger partial charge in [-0.05, 0) is 17.7 Å². The van der Waals surface area contributed by atoms with Crippen molar-refractivity contribution in [3.8, 4) is 0 Å². The van der Waals surface area contributed by atoms with Crippen LogP contribution in [0.15, 0.2) is 24.3 Å². The first kappa shape index (κ1) is 11.9. The van der Waals surface area contributed by atoms with Crippen LogP contribution in [0.3, 0.4) is 0 Å². The second kappa shape index (κ2) is 5.19. The predicted octanol–water partition coefficient (Wildman–Crippen LogP) is 1.71. The van der Waals surface area contributed by atoms with E-state index in [4.69, 9.17) is 0 Å². The summed E-state index contributed by atoms with van der Waals surface area (Å²) in [6.45, 7) is 6.61. The van der Waals surface area contributed by atoms with Gasteiger partial charge in [-0.3, -0.25) is 4.90 Å². The molecule has 92 valence electrons. The second-order valence-electron chi connectivity index (χ2n) is 4.59. The van der Waals surface area contributed by atoms with E-state index in [-0.39, 0.29) is 6.03 Å². The normalized spacial score (nSPS) is 15.5. The third kappa shape index (κ3) is 2.97. The first-order valence-corrected chi connectivity index (χ1v) is 6.04. The number of hydrogen-bond donors (Lipinski definition) is 2. The summed E-state index contributed by atoms with van der Waals surface area (Å²) in [7, 11) is 0. The number of benzene rings is 1. The van der Waals surface area contributed by atoms with Crippen molar-refractivity contribution in [3.05, 3.63) is 29.8 Å². The van der Waals surface area contributed by atoms with Crippen LogP contribution in [-0.4, -0.2) is 25.2 Å². The zero-order valence-corrected chi connectivity index (χ0v) is 10.4. The number of hydrogen-bond acceptors (Lipinski definition) is 2. The molecule has 0 spiro atoms. The van der Waals surface area contributed by atoms with Crippen LogP contribution in [0.25, 0.3) is 0 Å². The lowest BCUT2D eigenvalue weighted by molar-refractivity contribution is 0.252. The van der Waals surface area contributed by atoms with Gasteiger partial charge >= 0.3 is 6.03 Å². The molecule has 1 saturated heterocycles. The minimum Gasteiger partial charge on any atom is -0.336 e. The topological polar surface area (TPSA) is 44.4 Å². The Balaban J connectivity index is 2.00. The zero-order valence-electron chi connectivity index (χ0n) is 10.4. The van der Waals surface area contributed by atoms with Crippen LogP contribution >= 0.6 is 0 Å². The lowest BCUT2D eigenvalue weighted by Crippen LogP contribution is -2.27.